The van der Waals surface area contributed by atoms with Crippen molar-refractivity contribution in [3.05, 3.63) is 35.9 Å². The van der Waals surface area contributed by atoms with Crippen LogP contribution >= 0.6 is 0 Å². The maximum absolute atomic E-state index is 12.1. The molecule has 0 aliphatic carbocycles. The fourth-order valence-corrected chi connectivity index (χ4v) is 2.59. The van der Waals surface area contributed by atoms with Crippen molar-refractivity contribution in [1.29, 1.82) is 0 Å². The van der Waals surface area contributed by atoms with Crippen LogP contribution < -0.4 is 0 Å². The topological polar surface area (TPSA) is 20.3 Å². The second-order valence-electron chi connectivity index (χ2n) is 5.24. The van der Waals surface area contributed by atoms with Gasteiger partial charge in [0.15, 0.2) is 5.78 Å². The highest BCUT2D eigenvalue weighted by molar-refractivity contribution is 5.97. The van der Waals surface area contributed by atoms with E-state index in [0.717, 1.165) is 18.0 Å². The average Bonchev–Trinajstić information content (AvgIpc) is 2.34. The Balaban J connectivity index is 1.95. The van der Waals surface area contributed by atoms with Gasteiger partial charge in [-0.2, -0.15) is 0 Å². The molecule has 1 aliphatic heterocycles. The number of likely N-dealkylation sites (tertiary alicyclic amines) is 1. The van der Waals surface area contributed by atoms with Crippen molar-refractivity contribution in [3.63, 3.8) is 0 Å². The Morgan fingerprint density at radius 3 is 2.65 bits per heavy atom. The van der Waals surface area contributed by atoms with Crippen molar-refractivity contribution >= 4 is 5.78 Å². The van der Waals surface area contributed by atoms with Crippen LogP contribution in [0, 0.1) is 5.92 Å². The van der Waals surface area contributed by atoms with Gasteiger partial charge in [-0.05, 0) is 32.2 Å². The van der Waals surface area contributed by atoms with E-state index in [1.807, 2.05) is 30.3 Å². The first-order valence-electron chi connectivity index (χ1n) is 6.49. The van der Waals surface area contributed by atoms with Crippen LogP contribution in [-0.2, 0) is 0 Å². The van der Waals surface area contributed by atoms with Gasteiger partial charge >= 0.3 is 0 Å². The maximum atomic E-state index is 12.1. The number of carbonyl (C=O) groups is 1. The Kier molecular flexibility index (Phi) is 3.95. The third kappa shape index (κ3) is 3.16. The summed E-state index contributed by atoms with van der Waals surface area (Å²) in [6.45, 7) is 6.15. The molecule has 2 atom stereocenters. The maximum Gasteiger partial charge on any atom is 0.176 e. The number of carbonyl (C=O) groups excluding carboxylic acids is 1. The standard InChI is InChI=1S/C15H21NO/c1-12-8-9-16(13(2)10-12)11-15(17)14-6-4-3-5-7-14/h3-7,12-13H,8-11H2,1-2H3. The summed E-state index contributed by atoms with van der Waals surface area (Å²) in [4.78, 5) is 14.4. The summed E-state index contributed by atoms with van der Waals surface area (Å²) in [6.07, 6.45) is 2.43. The van der Waals surface area contributed by atoms with Crippen molar-refractivity contribution in [2.75, 3.05) is 13.1 Å². The molecule has 1 aromatic carbocycles. The highest BCUT2D eigenvalue weighted by atomic mass is 16.1. The first-order valence-corrected chi connectivity index (χ1v) is 6.49. The van der Waals surface area contributed by atoms with Crippen LogP contribution in [0.25, 0.3) is 0 Å². The van der Waals surface area contributed by atoms with Gasteiger partial charge in [-0.25, -0.2) is 0 Å². The molecule has 0 spiro atoms. The second kappa shape index (κ2) is 5.46. The molecule has 1 heterocycles. The molecule has 0 amide bonds. The summed E-state index contributed by atoms with van der Waals surface area (Å²) in [5, 5.41) is 0. The number of Topliss-reactive ketones (excluding diaryl/α,β-unsaturated/α-hetero) is 1. The third-order valence-corrected chi connectivity index (χ3v) is 3.72. The van der Waals surface area contributed by atoms with E-state index in [2.05, 4.69) is 18.7 Å². The lowest BCUT2D eigenvalue weighted by Gasteiger charge is -2.35. The second-order valence-corrected chi connectivity index (χ2v) is 5.24. The molecular formula is C15H21NO. The molecule has 0 bridgehead atoms. The van der Waals surface area contributed by atoms with Gasteiger partial charge in [0, 0.05) is 11.6 Å². The van der Waals surface area contributed by atoms with E-state index in [-0.39, 0.29) is 5.78 Å². The number of nitrogens with zero attached hydrogens (tertiary/aromatic N) is 1. The molecule has 2 nitrogen and oxygen atoms in total. The third-order valence-electron chi connectivity index (χ3n) is 3.72. The van der Waals surface area contributed by atoms with Gasteiger partial charge in [0.2, 0.25) is 0 Å². The number of hydrogen-bond donors (Lipinski definition) is 0. The number of hydrogen-bond acceptors (Lipinski definition) is 2. The molecule has 1 aliphatic rings. The van der Waals surface area contributed by atoms with Crippen molar-refractivity contribution in [2.24, 2.45) is 5.92 Å². The number of ketones is 1. The molecule has 1 fully saturated rings. The van der Waals surface area contributed by atoms with Crippen LogP contribution in [-0.4, -0.2) is 29.8 Å². The molecule has 0 aromatic heterocycles. The molecule has 2 rings (SSSR count). The van der Waals surface area contributed by atoms with E-state index in [0.29, 0.717) is 12.6 Å². The first kappa shape index (κ1) is 12.3. The lowest BCUT2D eigenvalue weighted by Crippen LogP contribution is -2.43. The highest BCUT2D eigenvalue weighted by Crippen LogP contribution is 2.22. The zero-order valence-electron chi connectivity index (χ0n) is 10.7. The zero-order valence-corrected chi connectivity index (χ0v) is 10.7. The van der Waals surface area contributed by atoms with E-state index in [1.54, 1.807) is 0 Å². The van der Waals surface area contributed by atoms with Crippen LogP contribution in [0.4, 0.5) is 0 Å². The quantitative estimate of drug-likeness (QED) is 0.745. The zero-order chi connectivity index (χ0) is 12.3. The predicted molar refractivity (Wildman–Crippen MR) is 70.2 cm³/mol. The Hall–Kier alpha value is -1.15. The Morgan fingerprint density at radius 2 is 2.00 bits per heavy atom. The molecule has 17 heavy (non-hydrogen) atoms. The Bertz CT molecular complexity index is 374. The highest BCUT2D eigenvalue weighted by Gasteiger charge is 2.24. The van der Waals surface area contributed by atoms with E-state index in [9.17, 15) is 4.79 Å². The Labute approximate surface area is 104 Å². The minimum Gasteiger partial charge on any atom is -0.293 e. The van der Waals surface area contributed by atoms with Gasteiger partial charge in [-0.1, -0.05) is 37.3 Å². The van der Waals surface area contributed by atoms with Crippen LogP contribution in [0.1, 0.15) is 37.0 Å². The molecule has 0 saturated carbocycles. The van der Waals surface area contributed by atoms with Gasteiger partial charge in [0.25, 0.3) is 0 Å². The van der Waals surface area contributed by atoms with Crippen molar-refractivity contribution < 1.29 is 4.79 Å². The molecular weight excluding hydrogens is 210 g/mol. The monoisotopic (exact) mass is 231 g/mol. The minimum atomic E-state index is 0.243. The lowest BCUT2D eigenvalue weighted by atomic mass is 9.93. The van der Waals surface area contributed by atoms with Gasteiger partial charge in [-0.3, -0.25) is 9.69 Å². The molecule has 1 aromatic rings. The van der Waals surface area contributed by atoms with Crippen LogP contribution in [0.2, 0.25) is 0 Å². The minimum absolute atomic E-state index is 0.243. The first-order chi connectivity index (χ1) is 8.16. The van der Waals surface area contributed by atoms with Gasteiger partial charge < -0.3 is 0 Å². The normalized spacial score (nSPS) is 25.8. The summed E-state index contributed by atoms with van der Waals surface area (Å²) < 4.78 is 0. The van der Waals surface area contributed by atoms with Crippen molar-refractivity contribution in [2.45, 2.75) is 32.7 Å². The summed E-state index contributed by atoms with van der Waals surface area (Å²) >= 11 is 0. The van der Waals surface area contributed by atoms with E-state index in [4.69, 9.17) is 0 Å². The fraction of sp³-hybridized carbons (Fsp3) is 0.533. The largest absolute Gasteiger partial charge is 0.293 e. The lowest BCUT2D eigenvalue weighted by molar-refractivity contribution is 0.0816. The molecule has 2 heteroatoms. The SMILES string of the molecule is CC1CCN(CC(=O)c2ccccc2)C(C)C1. The average molecular weight is 231 g/mol. The van der Waals surface area contributed by atoms with E-state index >= 15 is 0 Å². The van der Waals surface area contributed by atoms with Gasteiger partial charge in [-0.15, -0.1) is 0 Å². The van der Waals surface area contributed by atoms with E-state index < -0.39 is 0 Å². The summed E-state index contributed by atoms with van der Waals surface area (Å²) in [6, 6.07) is 10.1. The summed E-state index contributed by atoms with van der Waals surface area (Å²) in [5.41, 5.74) is 0.832. The number of piperidine rings is 1. The molecule has 92 valence electrons. The number of rotatable bonds is 3. The number of benzene rings is 1. The van der Waals surface area contributed by atoms with E-state index in [1.165, 1.54) is 12.8 Å². The Morgan fingerprint density at radius 1 is 1.29 bits per heavy atom. The predicted octanol–water partition coefficient (Wildman–Crippen LogP) is 2.99. The molecule has 0 radical (unpaired) electrons. The molecule has 0 N–H and O–H groups in total. The van der Waals surface area contributed by atoms with Crippen LogP contribution in [0.3, 0.4) is 0 Å². The van der Waals surface area contributed by atoms with Crippen molar-refractivity contribution in [1.82, 2.24) is 4.90 Å². The molecule has 1 saturated heterocycles. The summed E-state index contributed by atoms with van der Waals surface area (Å²) in [7, 11) is 0. The fourth-order valence-electron chi connectivity index (χ4n) is 2.59. The smallest absolute Gasteiger partial charge is 0.176 e. The summed E-state index contributed by atoms with van der Waals surface area (Å²) in [5.74, 6) is 1.04. The van der Waals surface area contributed by atoms with Crippen LogP contribution in [0.15, 0.2) is 30.3 Å². The van der Waals surface area contributed by atoms with Crippen LogP contribution in [0.5, 0.6) is 0 Å². The van der Waals surface area contributed by atoms with Gasteiger partial charge in [0.05, 0.1) is 6.54 Å². The van der Waals surface area contributed by atoms with Gasteiger partial charge in [0.1, 0.15) is 0 Å². The van der Waals surface area contributed by atoms with Crippen molar-refractivity contribution in [3.8, 4) is 0 Å². The molecule has 2 unspecified atom stereocenters.